The van der Waals surface area contributed by atoms with Crippen LogP contribution in [-0.4, -0.2) is 24.1 Å². The quantitative estimate of drug-likeness (QED) is 0.449. The number of aryl methyl sites for hydroxylation is 1. The first-order valence-electron chi connectivity index (χ1n) is 10.6. The van der Waals surface area contributed by atoms with Gasteiger partial charge in [0.05, 0.1) is 0 Å². The summed E-state index contributed by atoms with van der Waals surface area (Å²) in [6.45, 7) is 4.45. The van der Waals surface area contributed by atoms with E-state index in [0.29, 0.717) is 23.7 Å². The smallest absolute Gasteiger partial charge is 0.276 e. The highest BCUT2D eigenvalue weighted by atomic mass is 16.1. The first-order valence-corrected chi connectivity index (χ1v) is 10.6. The average Bonchev–Trinajstić information content (AvgIpc) is 3.45. The highest BCUT2D eigenvalue weighted by Gasteiger charge is 2.20. The molecule has 0 bridgehead atoms. The Labute approximate surface area is 186 Å². The fourth-order valence-electron chi connectivity index (χ4n) is 3.77. The molecule has 3 heterocycles. The van der Waals surface area contributed by atoms with Gasteiger partial charge in [-0.3, -0.25) is 4.79 Å². The van der Waals surface area contributed by atoms with E-state index in [9.17, 15) is 4.79 Å². The zero-order valence-electron chi connectivity index (χ0n) is 18.4. The number of nitrogens with two attached hydrogens (primary N) is 1. The summed E-state index contributed by atoms with van der Waals surface area (Å²) in [6.07, 6.45) is 5.39. The molecule has 0 unspecified atom stereocenters. The molecule has 3 N–H and O–H groups in total. The predicted octanol–water partition coefficient (Wildman–Crippen LogP) is 4.24. The monoisotopic (exact) mass is 426 g/mol. The number of benzene rings is 2. The molecule has 0 saturated heterocycles. The molecule has 0 amide bonds. The molecule has 0 spiro atoms. The maximum absolute atomic E-state index is 13.2. The SMILES string of the molecule is CC.Cn1ccnc1-c1nn2cc(-c3cccc(CN)c3)c(-c3ccccc3)c2c(=O)[nH]1. The van der Waals surface area contributed by atoms with E-state index in [1.54, 1.807) is 10.7 Å². The van der Waals surface area contributed by atoms with Crippen molar-refractivity contribution in [3.05, 3.63) is 89.1 Å². The molecule has 5 rings (SSSR count). The number of imidazole rings is 1. The largest absolute Gasteiger partial charge is 0.331 e. The number of rotatable bonds is 4. The second-order valence-corrected chi connectivity index (χ2v) is 7.15. The van der Waals surface area contributed by atoms with Crippen LogP contribution in [0, 0.1) is 0 Å². The van der Waals surface area contributed by atoms with Crippen molar-refractivity contribution in [1.29, 1.82) is 0 Å². The molecule has 7 heteroatoms. The average molecular weight is 427 g/mol. The molecule has 0 atom stereocenters. The Kier molecular flexibility index (Phi) is 6.00. The van der Waals surface area contributed by atoms with E-state index >= 15 is 0 Å². The molecular formula is C25H26N6O. The van der Waals surface area contributed by atoms with Crippen molar-refractivity contribution in [2.24, 2.45) is 12.8 Å². The Morgan fingerprint density at radius 3 is 2.47 bits per heavy atom. The zero-order valence-corrected chi connectivity index (χ0v) is 18.4. The summed E-state index contributed by atoms with van der Waals surface area (Å²) >= 11 is 0. The minimum atomic E-state index is -0.219. The Balaban J connectivity index is 0.00000119. The van der Waals surface area contributed by atoms with E-state index < -0.39 is 0 Å². The van der Waals surface area contributed by atoms with E-state index in [1.165, 1.54) is 0 Å². The van der Waals surface area contributed by atoms with Crippen molar-refractivity contribution in [3.8, 4) is 33.9 Å². The maximum Gasteiger partial charge on any atom is 0.276 e. The van der Waals surface area contributed by atoms with Crippen LogP contribution in [-0.2, 0) is 13.6 Å². The number of nitrogens with one attached hydrogen (secondary N) is 1. The lowest BCUT2D eigenvalue weighted by Crippen LogP contribution is -2.15. The van der Waals surface area contributed by atoms with Crippen LogP contribution in [0.3, 0.4) is 0 Å². The van der Waals surface area contributed by atoms with Gasteiger partial charge in [-0.2, -0.15) is 0 Å². The number of fused-ring (bicyclic) bond motifs is 1. The standard InChI is InChI=1S/C23H20N6O.C2H6/c1-28-11-10-25-22(28)21-26-23(30)20-19(16-7-3-2-4-8-16)18(14-29(20)27-21)17-9-5-6-15(12-17)13-24;1-2/h2-12,14H,13,24H2,1H3,(H,26,27,30);1-2H3. The summed E-state index contributed by atoms with van der Waals surface area (Å²) in [5, 5.41) is 4.67. The van der Waals surface area contributed by atoms with Crippen LogP contribution in [0.4, 0.5) is 0 Å². The van der Waals surface area contributed by atoms with Crippen molar-refractivity contribution in [1.82, 2.24) is 24.1 Å². The minimum absolute atomic E-state index is 0.219. The first kappa shape index (κ1) is 21.3. The number of aromatic nitrogens is 5. The molecule has 0 radical (unpaired) electrons. The number of hydrogen-bond acceptors (Lipinski definition) is 4. The van der Waals surface area contributed by atoms with Gasteiger partial charge in [0, 0.05) is 43.3 Å². The van der Waals surface area contributed by atoms with Gasteiger partial charge in [-0.25, -0.2) is 9.50 Å². The zero-order chi connectivity index (χ0) is 22.7. The summed E-state index contributed by atoms with van der Waals surface area (Å²) in [6, 6.07) is 17.9. The fraction of sp³-hybridized carbons (Fsp3) is 0.160. The molecule has 32 heavy (non-hydrogen) atoms. The highest BCUT2D eigenvalue weighted by molar-refractivity contribution is 5.94. The topological polar surface area (TPSA) is 94.0 Å². The Morgan fingerprint density at radius 2 is 1.78 bits per heavy atom. The maximum atomic E-state index is 13.2. The van der Waals surface area contributed by atoms with Gasteiger partial charge in [0.25, 0.3) is 5.56 Å². The van der Waals surface area contributed by atoms with Crippen LogP contribution < -0.4 is 11.3 Å². The van der Waals surface area contributed by atoms with Gasteiger partial charge >= 0.3 is 0 Å². The van der Waals surface area contributed by atoms with Crippen LogP contribution in [0.15, 0.2) is 78.0 Å². The predicted molar refractivity (Wildman–Crippen MR) is 128 cm³/mol. The third-order valence-corrected chi connectivity index (χ3v) is 5.21. The van der Waals surface area contributed by atoms with Gasteiger partial charge in [-0.15, -0.1) is 5.10 Å². The van der Waals surface area contributed by atoms with Crippen molar-refractivity contribution >= 4 is 5.52 Å². The van der Waals surface area contributed by atoms with Gasteiger partial charge in [-0.1, -0.05) is 62.4 Å². The van der Waals surface area contributed by atoms with Crippen molar-refractivity contribution in [2.45, 2.75) is 20.4 Å². The Hall–Kier alpha value is -3.97. The van der Waals surface area contributed by atoms with Crippen LogP contribution in [0.5, 0.6) is 0 Å². The summed E-state index contributed by atoms with van der Waals surface area (Å²) in [4.78, 5) is 20.4. The molecule has 162 valence electrons. The lowest BCUT2D eigenvalue weighted by Gasteiger charge is -2.07. The fourth-order valence-corrected chi connectivity index (χ4v) is 3.77. The second kappa shape index (κ2) is 9.03. The lowest BCUT2D eigenvalue weighted by molar-refractivity contribution is 0.851. The van der Waals surface area contributed by atoms with E-state index in [2.05, 4.69) is 21.1 Å². The Bertz CT molecular complexity index is 1410. The molecule has 2 aromatic carbocycles. The summed E-state index contributed by atoms with van der Waals surface area (Å²) < 4.78 is 3.47. The van der Waals surface area contributed by atoms with Crippen LogP contribution in [0.1, 0.15) is 19.4 Å². The van der Waals surface area contributed by atoms with E-state index in [1.807, 2.05) is 86.4 Å². The van der Waals surface area contributed by atoms with Crippen molar-refractivity contribution < 1.29 is 0 Å². The summed E-state index contributed by atoms with van der Waals surface area (Å²) in [5.41, 5.74) is 10.8. The lowest BCUT2D eigenvalue weighted by atomic mass is 9.96. The Morgan fingerprint density at radius 1 is 1.03 bits per heavy atom. The van der Waals surface area contributed by atoms with Gasteiger partial charge in [-0.05, 0) is 22.8 Å². The number of nitrogens with zero attached hydrogens (tertiary/aromatic N) is 4. The van der Waals surface area contributed by atoms with E-state index in [0.717, 1.165) is 27.8 Å². The third kappa shape index (κ3) is 3.74. The van der Waals surface area contributed by atoms with Gasteiger partial charge < -0.3 is 15.3 Å². The van der Waals surface area contributed by atoms with Crippen LogP contribution >= 0.6 is 0 Å². The third-order valence-electron chi connectivity index (χ3n) is 5.21. The number of hydrogen-bond donors (Lipinski definition) is 2. The number of aromatic amines is 1. The van der Waals surface area contributed by atoms with Gasteiger partial charge in [0.15, 0.2) is 11.6 Å². The normalized spacial score (nSPS) is 10.8. The molecule has 0 aliphatic rings. The molecule has 5 aromatic rings. The first-order chi connectivity index (χ1) is 15.7. The van der Waals surface area contributed by atoms with Crippen molar-refractivity contribution in [3.63, 3.8) is 0 Å². The molecule has 3 aromatic heterocycles. The summed E-state index contributed by atoms with van der Waals surface area (Å²) in [5.74, 6) is 1.01. The minimum Gasteiger partial charge on any atom is -0.331 e. The van der Waals surface area contributed by atoms with Gasteiger partial charge in [0.2, 0.25) is 0 Å². The molecular weight excluding hydrogens is 400 g/mol. The van der Waals surface area contributed by atoms with Crippen LogP contribution in [0.25, 0.3) is 39.4 Å². The molecule has 0 aliphatic carbocycles. The second-order valence-electron chi connectivity index (χ2n) is 7.15. The van der Waals surface area contributed by atoms with E-state index in [-0.39, 0.29) is 5.56 Å². The molecule has 7 nitrogen and oxygen atoms in total. The molecule has 0 fully saturated rings. The molecule has 0 saturated carbocycles. The van der Waals surface area contributed by atoms with Crippen LogP contribution in [0.2, 0.25) is 0 Å². The molecule has 0 aliphatic heterocycles. The highest BCUT2D eigenvalue weighted by Crippen LogP contribution is 2.36. The summed E-state index contributed by atoms with van der Waals surface area (Å²) in [7, 11) is 1.86. The number of H-pyrrole nitrogens is 1. The van der Waals surface area contributed by atoms with E-state index in [4.69, 9.17) is 5.73 Å². The van der Waals surface area contributed by atoms with Gasteiger partial charge in [0.1, 0.15) is 5.52 Å². The van der Waals surface area contributed by atoms with Crippen molar-refractivity contribution in [2.75, 3.05) is 0 Å².